The molecule has 4 rings (SSSR count). The Morgan fingerprint density at radius 1 is 1.00 bits per heavy atom. The highest BCUT2D eigenvalue weighted by Gasteiger charge is 2.30. The molecule has 0 atom stereocenters. The number of amides is 1. The number of rotatable bonds is 5. The molecule has 0 bridgehead atoms. The standard InChI is InChI=1S/C26H23F3N2O2/c1-25(2,33)19-9-5-17(6-10-19)18-14-21-22(30-15-18)11-12-23(21)31-24(32)13-16-3-7-20(8-4-16)26(27,28)29/h3-10,12,14-15,33H,11,13H2,1-2H3,(H,31,32). The minimum atomic E-state index is -4.40. The molecule has 1 amide bonds. The van der Waals surface area contributed by atoms with Crippen molar-refractivity contribution in [2.75, 3.05) is 0 Å². The predicted octanol–water partition coefficient (Wildman–Crippen LogP) is 5.25. The number of aliphatic hydroxyl groups is 1. The van der Waals surface area contributed by atoms with Gasteiger partial charge in [0.2, 0.25) is 5.91 Å². The van der Waals surface area contributed by atoms with Crippen molar-refractivity contribution in [3.05, 3.63) is 94.8 Å². The molecule has 1 aliphatic rings. The second-order valence-electron chi connectivity index (χ2n) is 8.60. The SMILES string of the molecule is CC(C)(O)c1ccc(-c2cnc3c(c2)C(NC(=O)Cc2ccc(C(F)(F)F)cc2)=CC3)cc1. The van der Waals surface area contributed by atoms with Crippen molar-refractivity contribution in [1.82, 2.24) is 10.3 Å². The van der Waals surface area contributed by atoms with Gasteiger partial charge in [-0.1, -0.05) is 42.5 Å². The third kappa shape index (κ3) is 5.14. The van der Waals surface area contributed by atoms with E-state index in [4.69, 9.17) is 0 Å². The summed E-state index contributed by atoms with van der Waals surface area (Å²) in [6.45, 7) is 3.45. The van der Waals surface area contributed by atoms with Crippen molar-refractivity contribution in [3.63, 3.8) is 0 Å². The highest BCUT2D eigenvalue weighted by molar-refractivity contribution is 5.90. The number of benzene rings is 2. The van der Waals surface area contributed by atoms with Gasteiger partial charge in [0, 0.05) is 29.4 Å². The molecule has 1 aliphatic carbocycles. The third-order valence-electron chi connectivity index (χ3n) is 5.60. The second-order valence-corrected chi connectivity index (χ2v) is 8.60. The van der Waals surface area contributed by atoms with Gasteiger partial charge in [-0.15, -0.1) is 0 Å². The molecule has 0 aliphatic heterocycles. The molecule has 1 heterocycles. The number of carbonyl (C=O) groups is 1. The van der Waals surface area contributed by atoms with Gasteiger partial charge in [-0.2, -0.15) is 13.2 Å². The fourth-order valence-corrected chi connectivity index (χ4v) is 3.74. The van der Waals surface area contributed by atoms with Crippen LogP contribution in [0.2, 0.25) is 0 Å². The Bertz CT molecular complexity index is 1210. The van der Waals surface area contributed by atoms with E-state index in [9.17, 15) is 23.1 Å². The lowest BCUT2D eigenvalue weighted by Gasteiger charge is -2.18. The largest absolute Gasteiger partial charge is 0.416 e. The van der Waals surface area contributed by atoms with E-state index in [1.807, 2.05) is 36.4 Å². The fraction of sp³-hybridized carbons (Fsp3) is 0.231. The number of carbonyl (C=O) groups excluding carboxylic acids is 1. The van der Waals surface area contributed by atoms with Gasteiger partial charge in [-0.05, 0) is 48.7 Å². The van der Waals surface area contributed by atoms with Crippen LogP contribution in [0.3, 0.4) is 0 Å². The first-order valence-corrected chi connectivity index (χ1v) is 10.5. The lowest BCUT2D eigenvalue weighted by molar-refractivity contribution is -0.137. The molecular formula is C26H23F3N2O2. The van der Waals surface area contributed by atoms with Crippen LogP contribution >= 0.6 is 0 Å². The molecule has 3 aromatic rings. The summed E-state index contributed by atoms with van der Waals surface area (Å²) in [7, 11) is 0. The van der Waals surface area contributed by atoms with Crippen LogP contribution in [0.4, 0.5) is 13.2 Å². The normalized spacial score (nSPS) is 13.5. The van der Waals surface area contributed by atoms with Crippen molar-refractivity contribution >= 4 is 11.6 Å². The number of pyridine rings is 1. The maximum atomic E-state index is 12.7. The Kier molecular flexibility index (Phi) is 5.84. The molecular weight excluding hydrogens is 429 g/mol. The van der Waals surface area contributed by atoms with Crippen molar-refractivity contribution in [1.29, 1.82) is 0 Å². The highest BCUT2D eigenvalue weighted by atomic mass is 19.4. The van der Waals surface area contributed by atoms with Crippen LogP contribution in [0.25, 0.3) is 16.8 Å². The lowest BCUT2D eigenvalue weighted by atomic mass is 9.95. The smallest absolute Gasteiger partial charge is 0.386 e. The Morgan fingerprint density at radius 2 is 1.64 bits per heavy atom. The molecule has 2 N–H and O–H groups in total. The van der Waals surface area contributed by atoms with E-state index in [0.717, 1.165) is 40.1 Å². The molecule has 1 aromatic heterocycles. The number of nitrogens with one attached hydrogen (secondary N) is 1. The number of aromatic nitrogens is 1. The average Bonchev–Trinajstić information content (AvgIpc) is 3.15. The van der Waals surface area contributed by atoms with Gasteiger partial charge in [0.1, 0.15) is 0 Å². The highest BCUT2D eigenvalue weighted by Crippen LogP contribution is 2.31. The molecule has 170 valence electrons. The van der Waals surface area contributed by atoms with E-state index in [1.165, 1.54) is 12.1 Å². The minimum Gasteiger partial charge on any atom is -0.386 e. The summed E-state index contributed by atoms with van der Waals surface area (Å²) in [5.74, 6) is -0.311. The zero-order valence-corrected chi connectivity index (χ0v) is 18.2. The molecule has 0 unspecified atom stereocenters. The van der Waals surface area contributed by atoms with Gasteiger partial charge in [-0.25, -0.2) is 0 Å². The zero-order valence-electron chi connectivity index (χ0n) is 18.2. The van der Waals surface area contributed by atoms with Gasteiger partial charge in [0.25, 0.3) is 0 Å². The lowest BCUT2D eigenvalue weighted by Crippen LogP contribution is -2.23. The van der Waals surface area contributed by atoms with Gasteiger partial charge in [0.05, 0.1) is 23.3 Å². The van der Waals surface area contributed by atoms with E-state index in [2.05, 4.69) is 10.3 Å². The maximum absolute atomic E-state index is 12.7. The van der Waals surface area contributed by atoms with Crippen LogP contribution in [0, 0.1) is 0 Å². The molecule has 0 fully saturated rings. The van der Waals surface area contributed by atoms with Crippen molar-refractivity contribution < 1.29 is 23.1 Å². The third-order valence-corrected chi connectivity index (χ3v) is 5.60. The zero-order chi connectivity index (χ0) is 23.8. The van der Waals surface area contributed by atoms with E-state index < -0.39 is 17.3 Å². The second kappa shape index (κ2) is 8.48. The van der Waals surface area contributed by atoms with Gasteiger partial charge < -0.3 is 10.4 Å². The Morgan fingerprint density at radius 3 is 2.24 bits per heavy atom. The summed E-state index contributed by atoms with van der Waals surface area (Å²) in [4.78, 5) is 17.0. The summed E-state index contributed by atoms with van der Waals surface area (Å²) in [5, 5.41) is 13.0. The summed E-state index contributed by atoms with van der Waals surface area (Å²) in [5.41, 5.74) is 3.74. The quantitative estimate of drug-likeness (QED) is 0.556. The predicted molar refractivity (Wildman–Crippen MR) is 120 cm³/mol. The maximum Gasteiger partial charge on any atom is 0.416 e. The van der Waals surface area contributed by atoms with Gasteiger partial charge in [0.15, 0.2) is 0 Å². The van der Waals surface area contributed by atoms with E-state index in [1.54, 1.807) is 20.0 Å². The van der Waals surface area contributed by atoms with E-state index in [-0.39, 0.29) is 12.3 Å². The molecule has 0 saturated carbocycles. The van der Waals surface area contributed by atoms with Crippen molar-refractivity contribution in [2.45, 2.75) is 38.5 Å². The van der Waals surface area contributed by atoms with Crippen molar-refractivity contribution in [2.24, 2.45) is 0 Å². The van der Waals surface area contributed by atoms with Crippen LogP contribution in [0.15, 0.2) is 66.9 Å². The summed E-state index contributed by atoms with van der Waals surface area (Å²) in [6.07, 6.45) is -0.194. The molecule has 0 spiro atoms. The van der Waals surface area contributed by atoms with Crippen LogP contribution in [-0.4, -0.2) is 16.0 Å². The number of halogens is 3. The summed E-state index contributed by atoms with van der Waals surface area (Å²) in [6, 6.07) is 14.1. The summed E-state index contributed by atoms with van der Waals surface area (Å²) < 4.78 is 38.2. The topological polar surface area (TPSA) is 62.2 Å². The van der Waals surface area contributed by atoms with E-state index in [0.29, 0.717) is 17.7 Å². The number of fused-ring (bicyclic) bond motifs is 1. The minimum absolute atomic E-state index is 0.0314. The first-order chi connectivity index (χ1) is 15.5. The van der Waals surface area contributed by atoms with Gasteiger partial charge >= 0.3 is 6.18 Å². The average molecular weight is 452 g/mol. The first kappa shape index (κ1) is 22.7. The number of hydrogen-bond donors (Lipinski definition) is 2. The number of hydrogen-bond acceptors (Lipinski definition) is 3. The Balaban J connectivity index is 1.47. The first-order valence-electron chi connectivity index (χ1n) is 10.5. The van der Waals surface area contributed by atoms with Crippen LogP contribution in [-0.2, 0) is 29.4 Å². The fourth-order valence-electron chi connectivity index (χ4n) is 3.74. The monoisotopic (exact) mass is 452 g/mol. The number of nitrogens with zero attached hydrogens (tertiary/aromatic N) is 1. The van der Waals surface area contributed by atoms with Crippen LogP contribution < -0.4 is 5.32 Å². The van der Waals surface area contributed by atoms with E-state index >= 15 is 0 Å². The molecule has 33 heavy (non-hydrogen) atoms. The van der Waals surface area contributed by atoms with Crippen LogP contribution in [0.5, 0.6) is 0 Å². The Labute approximate surface area is 189 Å². The summed E-state index contributed by atoms with van der Waals surface area (Å²) >= 11 is 0. The molecule has 4 nitrogen and oxygen atoms in total. The van der Waals surface area contributed by atoms with Crippen molar-refractivity contribution in [3.8, 4) is 11.1 Å². The molecule has 2 aromatic carbocycles. The number of alkyl halides is 3. The van der Waals surface area contributed by atoms with Crippen LogP contribution in [0.1, 0.15) is 41.8 Å². The Hall–Kier alpha value is -3.45. The molecule has 0 radical (unpaired) electrons. The molecule has 7 heteroatoms. The molecule has 0 saturated heterocycles. The van der Waals surface area contributed by atoms with Gasteiger partial charge in [-0.3, -0.25) is 9.78 Å². The number of allylic oxidation sites excluding steroid dienone is 1.